The van der Waals surface area contributed by atoms with Crippen LogP contribution < -0.4 is 14.9 Å². The lowest BCUT2D eigenvalue weighted by atomic mass is 10.2. The number of nitrogens with zero attached hydrogens (tertiary/aromatic N) is 1. The highest BCUT2D eigenvalue weighted by molar-refractivity contribution is 9.10. The Bertz CT molecular complexity index is 810. The predicted octanol–water partition coefficient (Wildman–Crippen LogP) is 3.30. The molecule has 1 amide bonds. The Kier molecular flexibility index (Phi) is 4.40. The van der Waals surface area contributed by atoms with E-state index in [1.807, 2.05) is 0 Å². The Morgan fingerprint density at radius 1 is 1.30 bits per heavy atom. The Morgan fingerprint density at radius 2 is 2.09 bits per heavy atom. The third-order valence-corrected chi connectivity index (χ3v) is 3.81. The van der Waals surface area contributed by atoms with Crippen molar-refractivity contribution in [3.05, 3.63) is 51.0 Å². The summed E-state index contributed by atoms with van der Waals surface area (Å²) in [6.07, 6.45) is 1.30. The Balaban J connectivity index is 1.72. The highest BCUT2D eigenvalue weighted by Gasteiger charge is 2.16. The summed E-state index contributed by atoms with van der Waals surface area (Å²) >= 11 is 9.12. The van der Waals surface area contributed by atoms with E-state index in [1.165, 1.54) is 6.21 Å². The SMILES string of the molecule is O=C(N/N=C/c1cc(Br)cc(Cl)c1O)c1ccc2c(c1)OCO2. The fraction of sp³-hybridized carbons (Fsp3) is 0.0667. The number of phenolic OH excluding ortho intramolecular Hbond substituents is 1. The second-order valence-electron chi connectivity index (χ2n) is 4.59. The van der Waals surface area contributed by atoms with Gasteiger partial charge in [-0.05, 0) is 30.3 Å². The molecule has 23 heavy (non-hydrogen) atoms. The number of amides is 1. The molecule has 0 atom stereocenters. The number of phenols is 1. The number of carbonyl (C=O) groups is 1. The van der Waals surface area contributed by atoms with Crippen LogP contribution in [0, 0.1) is 0 Å². The molecule has 0 bridgehead atoms. The van der Waals surface area contributed by atoms with E-state index in [-0.39, 0.29) is 17.6 Å². The smallest absolute Gasteiger partial charge is 0.271 e. The molecule has 2 N–H and O–H groups in total. The number of benzene rings is 2. The molecule has 0 radical (unpaired) electrons. The van der Waals surface area contributed by atoms with Gasteiger partial charge in [0.25, 0.3) is 5.91 Å². The number of carbonyl (C=O) groups excluding carboxylic acids is 1. The average molecular weight is 398 g/mol. The zero-order valence-electron chi connectivity index (χ0n) is 11.5. The van der Waals surface area contributed by atoms with Crippen LogP contribution in [0.25, 0.3) is 0 Å². The maximum Gasteiger partial charge on any atom is 0.271 e. The van der Waals surface area contributed by atoms with Crippen LogP contribution in [0.4, 0.5) is 0 Å². The molecule has 3 rings (SSSR count). The van der Waals surface area contributed by atoms with Gasteiger partial charge < -0.3 is 14.6 Å². The van der Waals surface area contributed by atoms with Crippen molar-refractivity contribution in [1.82, 2.24) is 5.43 Å². The van der Waals surface area contributed by atoms with Gasteiger partial charge in [-0.1, -0.05) is 27.5 Å². The van der Waals surface area contributed by atoms with Crippen LogP contribution in [0.2, 0.25) is 5.02 Å². The van der Waals surface area contributed by atoms with E-state index < -0.39 is 5.91 Å². The average Bonchev–Trinajstić information content (AvgIpc) is 2.99. The van der Waals surface area contributed by atoms with E-state index in [2.05, 4.69) is 26.5 Å². The molecule has 1 aliphatic rings. The van der Waals surface area contributed by atoms with E-state index in [9.17, 15) is 9.90 Å². The van der Waals surface area contributed by atoms with Crippen molar-refractivity contribution in [2.24, 2.45) is 5.10 Å². The summed E-state index contributed by atoms with van der Waals surface area (Å²) in [7, 11) is 0. The summed E-state index contributed by atoms with van der Waals surface area (Å²) in [6, 6.07) is 8.00. The standard InChI is InChI=1S/C15H10BrClN2O4/c16-10-3-9(14(20)11(17)5-10)6-18-19-15(21)8-1-2-12-13(4-8)23-7-22-12/h1-6,20H,7H2,(H,19,21)/b18-6+. The van der Waals surface area contributed by atoms with Crippen molar-refractivity contribution >= 4 is 39.7 Å². The minimum Gasteiger partial charge on any atom is -0.506 e. The highest BCUT2D eigenvalue weighted by Crippen LogP contribution is 2.32. The second kappa shape index (κ2) is 6.47. The van der Waals surface area contributed by atoms with E-state index in [4.69, 9.17) is 21.1 Å². The Labute approximate surface area is 144 Å². The molecule has 6 nitrogen and oxygen atoms in total. The molecule has 8 heteroatoms. The molecule has 0 unspecified atom stereocenters. The molecule has 2 aromatic rings. The molecule has 0 spiro atoms. The molecule has 0 saturated heterocycles. The van der Waals surface area contributed by atoms with E-state index in [1.54, 1.807) is 30.3 Å². The first-order valence-corrected chi connectivity index (χ1v) is 7.63. The van der Waals surface area contributed by atoms with Gasteiger partial charge in [0.2, 0.25) is 6.79 Å². The van der Waals surface area contributed by atoms with Gasteiger partial charge in [-0.25, -0.2) is 5.43 Å². The summed E-state index contributed by atoms with van der Waals surface area (Å²) in [4.78, 5) is 12.0. The van der Waals surface area contributed by atoms with Gasteiger partial charge in [-0.15, -0.1) is 0 Å². The minimum atomic E-state index is -0.417. The van der Waals surface area contributed by atoms with Crippen molar-refractivity contribution < 1.29 is 19.4 Å². The van der Waals surface area contributed by atoms with Gasteiger partial charge in [0.05, 0.1) is 11.2 Å². The van der Waals surface area contributed by atoms with Crippen LogP contribution in [0.5, 0.6) is 17.2 Å². The van der Waals surface area contributed by atoms with Crippen LogP contribution in [-0.2, 0) is 0 Å². The lowest BCUT2D eigenvalue weighted by Crippen LogP contribution is -2.17. The Morgan fingerprint density at radius 3 is 2.91 bits per heavy atom. The fourth-order valence-electron chi connectivity index (χ4n) is 1.95. The molecule has 0 aromatic heterocycles. The quantitative estimate of drug-likeness (QED) is 0.615. The van der Waals surface area contributed by atoms with Crippen LogP contribution in [0.1, 0.15) is 15.9 Å². The van der Waals surface area contributed by atoms with Crippen LogP contribution in [0.3, 0.4) is 0 Å². The molecular weight excluding hydrogens is 388 g/mol. The second-order valence-corrected chi connectivity index (χ2v) is 5.92. The minimum absolute atomic E-state index is 0.115. The van der Waals surface area contributed by atoms with Gasteiger partial charge in [0.15, 0.2) is 11.5 Å². The number of nitrogens with one attached hydrogen (secondary N) is 1. The number of rotatable bonds is 3. The van der Waals surface area contributed by atoms with E-state index >= 15 is 0 Å². The van der Waals surface area contributed by atoms with Crippen molar-refractivity contribution in [2.75, 3.05) is 6.79 Å². The monoisotopic (exact) mass is 396 g/mol. The van der Waals surface area contributed by atoms with Crippen molar-refractivity contribution in [1.29, 1.82) is 0 Å². The predicted molar refractivity (Wildman–Crippen MR) is 88.4 cm³/mol. The van der Waals surface area contributed by atoms with Crippen LogP contribution in [0.15, 0.2) is 39.9 Å². The number of hydrogen-bond acceptors (Lipinski definition) is 5. The fourth-order valence-corrected chi connectivity index (χ4v) is 2.78. The normalized spacial score (nSPS) is 12.6. The topological polar surface area (TPSA) is 80.2 Å². The van der Waals surface area contributed by atoms with Crippen molar-refractivity contribution in [3.8, 4) is 17.2 Å². The molecule has 0 fully saturated rings. The first kappa shape index (κ1) is 15.6. The molecular formula is C15H10BrClN2O4. The third kappa shape index (κ3) is 3.40. The summed E-state index contributed by atoms with van der Waals surface area (Å²) in [6.45, 7) is 0.140. The number of hydrazone groups is 1. The number of hydrogen-bond donors (Lipinski definition) is 2. The summed E-state index contributed by atoms with van der Waals surface area (Å²) < 4.78 is 11.1. The zero-order valence-corrected chi connectivity index (χ0v) is 13.9. The lowest BCUT2D eigenvalue weighted by Gasteiger charge is -2.03. The van der Waals surface area contributed by atoms with Gasteiger partial charge in [-0.3, -0.25) is 4.79 Å². The van der Waals surface area contributed by atoms with Gasteiger partial charge in [0, 0.05) is 15.6 Å². The number of fused-ring (bicyclic) bond motifs is 1. The van der Waals surface area contributed by atoms with E-state index in [0.29, 0.717) is 27.1 Å². The third-order valence-electron chi connectivity index (χ3n) is 3.06. The highest BCUT2D eigenvalue weighted by atomic mass is 79.9. The maximum atomic E-state index is 12.0. The first-order chi connectivity index (χ1) is 11.0. The molecule has 0 aliphatic carbocycles. The summed E-state index contributed by atoms with van der Waals surface area (Å²) in [5.41, 5.74) is 3.12. The molecule has 1 heterocycles. The van der Waals surface area contributed by atoms with Crippen LogP contribution in [-0.4, -0.2) is 24.0 Å². The number of halogens is 2. The molecule has 118 valence electrons. The van der Waals surface area contributed by atoms with Gasteiger partial charge in [0.1, 0.15) is 5.75 Å². The van der Waals surface area contributed by atoms with Gasteiger partial charge >= 0.3 is 0 Å². The summed E-state index contributed by atoms with van der Waals surface area (Å²) in [5, 5.41) is 13.8. The molecule has 1 aliphatic heterocycles. The molecule has 2 aromatic carbocycles. The maximum absolute atomic E-state index is 12.0. The lowest BCUT2D eigenvalue weighted by molar-refractivity contribution is 0.0954. The van der Waals surface area contributed by atoms with E-state index in [0.717, 1.165) is 0 Å². The van der Waals surface area contributed by atoms with Crippen molar-refractivity contribution in [3.63, 3.8) is 0 Å². The number of aromatic hydroxyl groups is 1. The Hall–Kier alpha value is -2.25. The van der Waals surface area contributed by atoms with Crippen molar-refractivity contribution in [2.45, 2.75) is 0 Å². The molecule has 0 saturated carbocycles. The first-order valence-electron chi connectivity index (χ1n) is 6.45. The van der Waals surface area contributed by atoms with Gasteiger partial charge in [-0.2, -0.15) is 5.10 Å². The largest absolute Gasteiger partial charge is 0.506 e. The zero-order chi connectivity index (χ0) is 16.4. The summed E-state index contributed by atoms with van der Waals surface area (Å²) in [5.74, 6) is 0.577. The number of ether oxygens (including phenoxy) is 2. The van der Waals surface area contributed by atoms with Crippen LogP contribution >= 0.6 is 27.5 Å².